The molecule has 0 amide bonds. The Morgan fingerprint density at radius 1 is 1.04 bits per heavy atom. The Bertz CT molecular complexity index is 756. The average molecular weight is 323 g/mol. The minimum absolute atomic E-state index is 0.0220. The van der Waals surface area contributed by atoms with Gasteiger partial charge in [-0.3, -0.25) is 0 Å². The van der Waals surface area contributed by atoms with Gasteiger partial charge in [0.1, 0.15) is 0 Å². The zero-order valence-electron chi connectivity index (χ0n) is 11.6. The van der Waals surface area contributed by atoms with Crippen LogP contribution in [0.2, 0.25) is 0 Å². The predicted octanol–water partition coefficient (Wildman–Crippen LogP) is 3.92. The smallest absolute Gasteiger partial charge is 0.343 e. The fourth-order valence-corrected chi connectivity index (χ4v) is 1.78. The maximum absolute atomic E-state index is 13.4. The molecule has 7 heteroatoms. The van der Waals surface area contributed by atoms with Crippen LogP contribution < -0.4 is 4.74 Å². The minimum atomic E-state index is -1.79. The molecule has 0 saturated heterocycles. The second-order valence-corrected chi connectivity index (χ2v) is 4.52. The lowest BCUT2D eigenvalue weighted by Gasteiger charge is -2.08. The molecule has 0 fully saturated rings. The van der Waals surface area contributed by atoms with Crippen molar-refractivity contribution in [3.8, 4) is 5.75 Å². The number of hydrogen-bond donors (Lipinski definition) is 0. The van der Waals surface area contributed by atoms with Crippen LogP contribution in [0.5, 0.6) is 5.75 Å². The SMILES string of the molecule is [C-]#[N+]CCc1ccc(C(=O)Oc2c(F)c(F)cc(F)c2F)cc1. The highest BCUT2D eigenvalue weighted by molar-refractivity contribution is 5.91. The van der Waals surface area contributed by atoms with Gasteiger partial charge in [0.15, 0.2) is 11.6 Å². The van der Waals surface area contributed by atoms with Gasteiger partial charge >= 0.3 is 5.97 Å². The van der Waals surface area contributed by atoms with Gasteiger partial charge in [-0.05, 0) is 17.7 Å². The number of esters is 1. The Morgan fingerprint density at radius 2 is 1.61 bits per heavy atom. The number of carbonyl (C=O) groups excluding carboxylic acids is 1. The zero-order chi connectivity index (χ0) is 17.0. The molecule has 0 saturated carbocycles. The average Bonchev–Trinajstić information content (AvgIpc) is 2.55. The first-order valence-corrected chi connectivity index (χ1v) is 6.41. The number of benzene rings is 2. The molecule has 2 aromatic rings. The summed E-state index contributed by atoms with van der Waals surface area (Å²) in [6.45, 7) is 6.96. The maximum Gasteiger partial charge on any atom is 0.343 e. The fourth-order valence-electron chi connectivity index (χ4n) is 1.78. The van der Waals surface area contributed by atoms with E-state index in [2.05, 4.69) is 9.58 Å². The first-order valence-electron chi connectivity index (χ1n) is 6.41. The fraction of sp³-hybridized carbons (Fsp3) is 0.125. The first kappa shape index (κ1) is 16.5. The van der Waals surface area contributed by atoms with Crippen molar-refractivity contribution >= 4 is 5.97 Å². The standard InChI is InChI=1S/C16H9F4NO2/c1-21-7-6-9-2-4-10(5-3-9)16(22)23-15-13(19)11(17)8-12(18)14(15)20/h2-5,8H,6-7H2. The molecule has 0 bridgehead atoms. The molecule has 0 heterocycles. The van der Waals surface area contributed by atoms with Gasteiger partial charge in [-0.25, -0.2) is 20.1 Å². The summed E-state index contributed by atoms with van der Waals surface area (Å²) in [5.74, 6) is -9.49. The summed E-state index contributed by atoms with van der Waals surface area (Å²) in [5, 5.41) is 0. The quantitative estimate of drug-likeness (QED) is 0.281. The van der Waals surface area contributed by atoms with Crippen molar-refractivity contribution < 1.29 is 27.1 Å². The molecule has 0 aromatic heterocycles. The van der Waals surface area contributed by atoms with E-state index in [-0.39, 0.29) is 18.2 Å². The van der Waals surface area contributed by atoms with Crippen LogP contribution in [0.1, 0.15) is 15.9 Å². The summed E-state index contributed by atoms with van der Waals surface area (Å²) in [6.07, 6.45) is 0.483. The molecule has 0 spiro atoms. The molecule has 23 heavy (non-hydrogen) atoms. The summed E-state index contributed by atoms with van der Waals surface area (Å²) >= 11 is 0. The van der Waals surface area contributed by atoms with Gasteiger partial charge in [-0.1, -0.05) is 12.1 Å². The molecule has 0 aliphatic rings. The molecule has 118 valence electrons. The third-order valence-corrected chi connectivity index (χ3v) is 2.97. The van der Waals surface area contributed by atoms with Gasteiger partial charge in [0.2, 0.25) is 23.9 Å². The van der Waals surface area contributed by atoms with Crippen molar-refractivity contribution in [3.05, 3.63) is 76.1 Å². The summed E-state index contributed by atoms with van der Waals surface area (Å²) in [6, 6.07) is 5.76. The van der Waals surface area contributed by atoms with Crippen molar-refractivity contribution in [1.29, 1.82) is 0 Å². The number of carbonyl (C=O) groups is 1. The van der Waals surface area contributed by atoms with Crippen molar-refractivity contribution in [1.82, 2.24) is 0 Å². The Kier molecular flexibility index (Phi) is 4.96. The van der Waals surface area contributed by atoms with Crippen LogP contribution in [0.15, 0.2) is 30.3 Å². The van der Waals surface area contributed by atoms with E-state index in [0.717, 1.165) is 5.56 Å². The molecule has 0 N–H and O–H groups in total. The molecular weight excluding hydrogens is 314 g/mol. The molecular formula is C16H9F4NO2. The monoisotopic (exact) mass is 323 g/mol. The van der Waals surface area contributed by atoms with Gasteiger partial charge < -0.3 is 9.58 Å². The Hall–Kier alpha value is -2.88. The number of halogens is 4. The maximum atomic E-state index is 13.4. The van der Waals surface area contributed by atoms with Crippen LogP contribution in [0.3, 0.4) is 0 Å². The van der Waals surface area contributed by atoms with E-state index in [1.807, 2.05) is 0 Å². The normalized spacial score (nSPS) is 10.2. The number of rotatable bonds is 4. The van der Waals surface area contributed by atoms with Gasteiger partial charge in [0.05, 0.1) is 5.56 Å². The van der Waals surface area contributed by atoms with E-state index in [1.165, 1.54) is 12.1 Å². The largest absolute Gasteiger partial charge is 0.416 e. The third-order valence-electron chi connectivity index (χ3n) is 2.97. The number of nitrogens with zero attached hydrogens (tertiary/aromatic N) is 1. The van der Waals surface area contributed by atoms with Gasteiger partial charge in [-0.2, -0.15) is 8.78 Å². The first-order chi connectivity index (χ1) is 10.9. The van der Waals surface area contributed by atoms with Crippen LogP contribution in [0, 0.1) is 29.8 Å². The van der Waals surface area contributed by atoms with Crippen molar-refractivity contribution in [3.63, 3.8) is 0 Å². The van der Waals surface area contributed by atoms with E-state index in [9.17, 15) is 22.4 Å². The summed E-state index contributed by atoms with van der Waals surface area (Å²) in [7, 11) is 0. The van der Waals surface area contributed by atoms with E-state index in [4.69, 9.17) is 6.57 Å². The van der Waals surface area contributed by atoms with Crippen LogP contribution in [0.25, 0.3) is 4.85 Å². The lowest BCUT2D eigenvalue weighted by molar-refractivity contribution is 0.0717. The second-order valence-electron chi connectivity index (χ2n) is 4.52. The minimum Gasteiger partial charge on any atom is -0.416 e. The van der Waals surface area contributed by atoms with Crippen LogP contribution in [0.4, 0.5) is 17.6 Å². The third kappa shape index (κ3) is 3.66. The molecule has 0 unspecified atom stereocenters. The second kappa shape index (κ2) is 6.92. The lowest BCUT2D eigenvalue weighted by atomic mass is 10.1. The van der Waals surface area contributed by atoms with Gasteiger partial charge in [0.25, 0.3) is 0 Å². The molecule has 0 radical (unpaired) electrons. The topological polar surface area (TPSA) is 30.7 Å². The van der Waals surface area contributed by atoms with Gasteiger partial charge in [-0.15, -0.1) is 0 Å². The molecule has 3 nitrogen and oxygen atoms in total. The van der Waals surface area contributed by atoms with Crippen LogP contribution in [-0.2, 0) is 6.42 Å². The molecule has 0 aliphatic carbocycles. The van der Waals surface area contributed by atoms with Crippen molar-refractivity contribution in [2.75, 3.05) is 6.54 Å². The van der Waals surface area contributed by atoms with Crippen LogP contribution >= 0.6 is 0 Å². The summed E-state index contributed by atoms with van der Waals surface area (Å²) in [5.41, 5.74) is 0.728. The highest BCUT2D eigenvalue weighted by Crippen LogP contribution is 2.27. The van der Waals surface area contributed by atoms with E-state index in [1.54, 1.807) is 12.1 Å². The molecule has 0 atom stereocenters. The van der Waals surface area contributed by atoms with Crippen molar-refractivity contribution in [2.24, 2.45) is 0 Å². The van der Waals surface area contributed by atoms with E-state index >= 15 is 0 Å². The summed E-state index contributed by atoms with van der Waals surface area (Å²) < 4.78 is 57.4. The summed E-state index contributed by atoms with van der Waals surface area (Å²) in [4.78, 5) is 15.0. The lowest BCUT2D eigenvalue weighted by Crippen LogP contribution is -2.12. The Morgan fingerprint density at radius 3 is 2.13 bits per heavy atom. The van der Waals surface area contributed by atoms with E-state index in [0.29, 0.717) is 6.42 Å². The van der Waals surface area contributed by atoms with Crippen molar-refractivity contribution in [2.45, 2.75) is 6.42 Å². The highest BCUT2D eigenvalue weighted by Gasteiger charge is 2.23. The van der Waals surface area contributed by atoms with E-state index < -0.39 is 35.0 Å². The molecule has 2 rings (SSSR count). The predicted molar refractivity (Wildman–Crippen MR) is 72.8 cm³/mol. The highest BCUT2D eigenvalue weighted by atomic mass is 19.2. The number of hydrogen-bond acceptors (Lipinski definition) is 2. The Labute approximate surface area is 128 Å². The zero-order valence-corrected chi connectivity index (χ0v) is 11.6. The van der Waals surface area contributed by atoms with Gasteiger partial charge in [0, 0.05) is 12.5 Å². The number of ether oxygens (including phenoxy) is 1. The Balaban J connectivity index is 2.21. The van der Waals surface area contributed by atoms with Crippen LogP contribution in [-0.4, -0.2) is 12.5 Å². The molecule has 0 aliphatic heterocycles. The molecule has 2 aromatic carbocycles.